The average Bonchev–Trinajstić information content (AvgIpc) is 3.04. The van der Waals surface area contributed by atoms with Gasteiger partial charge in [0, 0.05) is 13.1 Å². The molecule has 1 atom stereocenters. The fourth-order valence-corrected chi connectivity index (χ4v) is 3.62. The molecule has 112 valence electrons. The molecule has 3 rings (SSSR count). The van der Waals surface area contributed by atoms with Crippen LogP contribution in [-0.2, 0) is 6.54 Å². The molecule has 1 aliphatic heterocycles. The van der Waals surface area contributed by atoms with Gasteiger partial charge >= 0.3 is 0 Å². The smallest absolute Gasteiger partial charge is 0.176 e. The van der Waals surface area contributed by atoms with Crippen LogP contribution in [0.15, 0.2) is 6.20 Å². The van der Waals surface area contributed by atoms with Crippen LogP contribution in [0.1, 0.15) is 38.5 Å². The van der Waals surface area contributed by atoms with Gasteiger partial charge in [-0.3, -0.25) is 4.68 Å². The highest BCUT2D eigenvalue weighted by atomic mass is 35.5. The molecule has 5 heteroatoms. The van der Waals surface area contributed by atoms with Crippen LogP contribution < -0.4 is 4.74 Å². The molecule has 0 amide bonds. The lowest BCUT2D eigenvalue weighted by Crippen LogP contribution is -2.34. The van der Waals surface area contributed by atoms with Gasteiger partial charge in [-0.2, -0.15) is 5.10 Å². The maximum Gasteiger partial charge on any atom is 0.176 e. The van der Waals surface area contributed by atoms with Crippen molar-refractivity contribution in [2.24, 2.45) is 5.92 Å². The Labute approximate surface area is 126 Å². The number of halogens is 1. The summed E-state index contributed by atoms with van der Waals surface area (Å²) in [6, 6.07) is 0. The van der Waals surface area contributed by atoms with Crippen molar-refractivity contribution in [1.82, 2.24) is 14.7 Å². The van der Waals surface area contributed by atoms with Crippen LogP contribution >= 0.6 is 11.6 Å². The molecular formula is C15H24ClN3O. The first-order valence-electron chi connectivity index (χ1n) is 7.79. The number of likely N-dealkylation sites (tertiary alicyclic amines) is 1. The first-order chi connectivity index (χ1) is 9.72. The lowest BCUT2D eigenvalue weighted by atomic mass is 9.99. The third-order valence-corrected chi connectivity index (χ3v) is 4.87. The van der Waals surface area contributed by atoms with Crippen molar-refractivity contribution < 1.29 is 4.74 Å². The zero-order valence-corrected chi connectivity index (χ0v) is 13.0. The van der Waals surface area contributed by atoms with E-state index in [1.165, 1.54) is 32.2 Å². The van der Waals surface area contributed by atoms with Crippen LogP contribution in [-0.4, -0.2) is 40.9 Å². The van der Waals surface area contributed by atoms with E-state index in [-0.39, 0.29) is 0 Å². The SMILES string of the molecule is CN1CCCC(Cn2ncc(OC3CCCC3)c2Cl)C1. The van der Waals surface area contributed by atoms with Gasteiger partial charge in [-0.25, -0.2) is 0 Å². The summed E-state index contributed by atoms with van der Waals surface area (Å²) in [7, 11) is 2.19. The Morgan fingerprint density at radius 1 is 1.30 bits per heavy atom. The normalized spacial score (nSPS) is 25.2. The van der Waals surface area contributed by atoms with Crippen molar-refractivity contribution in [1.29, 1.82) is 0 Å². The van der Waals surface area contributed by atoms with Gasteiger partial charge in [0.25, 0.3) is 0 Å². The molecular weight excluding hydrogens is 274 g/mol. The summed E-state index contributed by atoms with van der Waals surface area (Å²) in [5.41, 5.74) is 0. The highest BCUT2D eigenvalue weighted by molar-refractivity contribution is 6.31. The molecule has 0 aromatic carbocycles. The first kappa shape index (κ1) is 14.2. The summed E-state index contributed by atoms with van der Waals surface area (Å²) in [6.45, 7) is 3.24. The van der Waals surface area contributed by atoms with E-state index in [1.807, 2.05) is 4.68 Å². The molecule has 2 fully saturated rings. The molecule has 0 radical (unpaired) electrons. The lowest BCUT2D eigenvalue weighted by Gasteiger charge is -2.29. The first-order valence-corrected chi connectivity index (χ1v) is 8.16. The molecule has 1 saturated carbocycles. The minimum Gasteiger partial charge on any atom is -0.486 e. The number of rotatable bonds is 4. The van der Waals surface area contributed by atoms with E-state index in [2.05, 4.69) is 17.0 Å². The molecule has 1 aromatic rings. The summed E-state index contributed by atoms with van der Waals surface area (Å²) in [4.78, 5) is 2.39. The zero-order chi connectivity index (χ0) is 13.9. The maximum atomic E-state index is 6.42. The van der Waals surface area contributed by atoms with Crippen molar-refractivity contribution in [3.8, 4) is 5.75 Å². The van der Waals surface area contributed by atoms with E-state index in [4.69, 9.17) is 16.3 Å². The second-order valence-corrected chi connectivity index (χ2v) is 6.63. The van der Waals surface area contributed by atoms with Gasteiger partial charge < -0.3 is 9.64 Å². The van der Waals surface area contributed by atoms with Crippen molar-refractivity contribution in [2.45, 2.75) is 51.2 Å². The Morgan fingerprint density at radius 2 is 2.10 bits per heavy atom. The van der Waals surface area contributed by atoms with Crippen LogP contribution in [0.2, 0.25) is 5.15 Å². The second kappa shape index (κ2) is 6.35. The summed E-state index contributed by atoms with van der Waals surface area (Å²) in [6.07, 6.45) is 9.49. The van der Waals surface area contributed by atoms with Crippen molar-refractivity contribution in [2.75, 3.05) is 20.1 Å². The van der Waals surface area contributed by atoms with E-state index in [9.17, 15) is 0 Å². The predicted molar refractivity (Wildman–Crippen MR) is 80.3 cm³/mol. The van der Waals surface area contributed by atoms with Crippen molar-refractivity contribution >= 4 is 11.6 Å². The van der Waals surface area contributed by atoms with E-state index < -0.39 is 0 Å². The van der Waals surface area contributed by atoms with Crippen LogP contribution in [0, 0.1) is 5.92 Å². The Morgan fingerprint density at radius 3 is 2.85 bits per heavy atom. The minimum absolute atomic E-state index is 0.339. The number of hydrogen-bond acceptors (Lipinski definition) is 3. The molecule has 1 aliphatic carbocycles. The van der Waals surface area contributed by atoms with Gasteiger partial charge in [0.15, 0.2) is 10.9 Å². The monoisotopic (exact) mass is 297 g/mol. The Balaban J connectivity index is 1.60. The average molecular weight is 298 g/mol. The Hall–Kier alpha value is -0.740. The highest BCUT2D eigenvalue weighted by Gasteiger charge is 2.22. The molecule has 4 nitrogen and oxygen atoms in total. The number of nitrogens with zero attached hydrogens (tertiary/aromatic N) is 3. The molecule has 1 aromatic heterocycles. The Kier molecular flexibility index (Phi) is 4.51. The summed E-state index contributed by atoms with van der Waals surface area (Å²) >= 11 is 6.42. The third kappa shape index (κ3) is 3.29. The van der Waals surface area contributed by atoms with Gasteiger partial charge in [0.2, 0.25) is 0 Å². The van der Waals surface area contributed by atoms with Gasteiger partial charge in [-0.15, -0.1) is 0 Å². The van der Waals surface area contributed by atoms with Crippen LogP contribution in [0.25, 0.3) is 0 Å². The van der Waals surface area contributed by atoms with E-state index >= 15 is 0 Å². The molecule has 2 heterocycles. The number of hydrogen-bond donors (Lipinski definition) is 0. The molecule has 0 N–H and O–H groups in total. The highest BCUT2D eigenvalue weighted by Crippen LogP contribution is 2.30. The van der Waals surface area contributed by atoms with Gasteiger partial charge in [0.05, 0.1) is 12.3 Å². The number of ether oxygens (including phenoxy) is 1. The maximum absolute atomic E-state index is 6.42. The summed E-state index contributed by atoms with van der Waals surface area (Å²) in [5, 5.41) is 5.09. The quantitative estimate of drug-likeness (QED) is 0.855. The minimum atomic E-state index is 0.339. The fraction of sp³-hybridized carbons (Fsp3) is 0.800. The second-order valence-electron chi connectivity index (χ2n) is 6.28. The standard InChI is InChI=1S/C15H24ClN3O/c1-18-8-4-5-12(10-18)11-19-15(16)14(9-17-19)20-13-6-2-3-7-13/h9,12-13H,2-8,10-11H2,1H3. The number of piperidine rings is 1. The summed E-state index contributed by atoms with van der Waals surface area (Å²) < 4.78 is 7.88. The molecule has 1 saturated heterocycles. The van der Waals surface area contributed by atoms with Gasteiger partial charge in [-0.1, -0.05) is 11.6 Å². The third-order valence-electron chi connectivity index (χ3n) is 4.49. The molecule has 20 heavy (non-hydrogen) atoms. The predicted octanol–water partition coefficient (Wildman–Crippen LogP) is 3.20. The molecule has 2 aliphatic rings. The molecule has 0 bridgehead atoms. The van der Waals surface area contributed by atoms with E-state index in [0.717, 1.165) is 31.7 Å². The molecule has 0 spiro atoms. The fourth-order valence-electron chi connectivity index (χ4n) is 3.41. The van der Waals surface area contributed by atoms with Crippen LogP contribution in [0.5, 0.6) is 5.75 Å². The lowest BCUT2D eigenvalue weighted by molar-refractivity contribution is 0.190. The number of aromatic nitrogens is 2. The molecule has 1 unspecified atom stereocenters. The van der Waals surface area contributed by atoms with Crippen molar-refractivity contribution in [3.63, 3.8) is 0 Å². The van der Waals surface area contributed by atoms with Crippen LogP contribution in [0.3, 0.4) is 0 Å². The van der Waals surface area contributed by atoms with Crippen LogP contribution in [0.4, 0.5) is 0 Å². The summed E-state index contributed by atoms with van der Waals surface area (Å²) in [5.74, 6) is 1.41. The van der Waals surface area contributed by atoms with E-state index in [0.29, 0.717) is 17.2 Å². The van der Waals surface area contributed by atoms with Gasteiger partial charge in [-0.05, 0) is 58.0 Å². The van der Waals surface area contributed by atoms with Gasteiger partial charge in [0.1, 0.15) is 0 Å². The zero-order valence-electron chi connectivity index (χ0n) is 12.2. The largest absolute Gasteiger partial charge is 0.486 e. The van der Waals surface area contributed by atoms with Crippen molar-refractivity contribution in [3.05, 3.63) is 11.3 Å². The van der Waals surface area contributed by atoms with E-state index in [1.54, 1.807) is 6.20 Å². The Bertz CT molecular complexity index is 442. The topological polar surface area (TPSA) is 30.3 Å².